The van der Waals surface area contributed by atoms with Crippen molar-refractivity contribution in [3.8, 4) is 5.75 Å². The first-order chi connectivity index (χ1) is 11.4. The standard InChI is InChI=1S/C18H20N2O4/c1-12(2)14-5-4-6-16(10-14)24-11-18(21)19-17-8-7-15(20(22)23)9-13(17)3/h4-10,12H,11H2,1-3H3,(H,19,21). The molecule has 0 heterocycles. The van der Waals surface area contributed by atoms with Crippen LogP contribution in [0, 0.1) is 17.0 Å². The van der Waals surface area contributed by atoms with Crippen molar-refractivity contribution in [3.05, 3.63) is 63.7 Å². The third-order valence-electron chi connectivity index (χ3n) is 3.59. The smallest absolute Gasteiger partial charge is 0.269 e. The molecule has 126 valence electrons. The van der Waals surface area contributed by atoms with E-state index in [1.54, 1.807) is 13.0 Å². The van der Waals surface area contributed by atoms with Gasteiger partial charge in [-0.15, -0.1) is 0 Å². The van der Waals surface area contributed by atoms with Gasteiger partial charge in [-0.2, -0.15) is 0 Å². The van der Waals surface area contributed by atoms with Crippen molar-refractivity contribution in [2.24, 2.45) is 0 Å². The number of ether oxygens (including phenoxy) is 1. The van der Waals surface area contributed by atoms with E-state index in [4.69, 9.17) is 4.74 Å². The molecule has 0 saturated carbocycles. The highest BCUT2D eigenvalue weighted by Crippen LogP contribution is 2.22. The Morgan fingerprint density at radius 3 is 2.62 bits per heavy atom. The van der Waals surface area contributed by atoms with Crippen LogP contribution in [0.15, 0.2) is 42.5 Å². The molecule has 1 N–H and O–H groups in total. The molecule has 0 radical (unpaired) electrons. The van der Waals surface area contributed by atoms with Crippen LogP contribution in [0.1, 0.15) is 30.9 Å². The van der Waals surface area contributed by atoms with E-state index in [-0.39, 0.29) is 18.2 Å². The first-order valence-corrected chi connectivity index (χ1v) is 7.64. The summed E-state index contributed by atoms with van der Waals surface area (Å²) in [5.74, 6) is 0.698. The number of non-ortho nitro benzene ring substituents is 1. The highest BCUT2D eigenvalue weighted by atomic mass is 16.6. The number of amides is 1. The van der Waals surface area contributed by atoms with E-state index < -0.39 is 4.92 Å². The highest BCUT2D eigenvalue weighted by Gasteiger charge is 2.11. The van der Waals surface area contributed by atoms with Gasteiger partial charge in [-0.25, -0.2) is 0 Å². The molecule has 0 aliphatic rings. The molecule has 2 aromatic carbocycles. The van der Waals surface area contributed by atoms with Gasteiger partial charge in [0.05, 0.1) is 4.92 Å². The fourth-order valence-corrected chi connectivity index (χ4v) is 2.20. The van der Waals surface area contributed by atoms with Gasteiger partial charge in [-0.05, 0) is 42.2 Å². The van der Waals surface area contributed by atoms with Gasteiger partial charge in [0, 0.05) is 17.8 Å². The number of benzene rings is 2. The Morgan fingerprint density at radius 1 is 1.25 bits per heavy atom. The molecule has 0 saturated heterocycles. The summed E-state index contributed by atoms with van der Waals surface area (Å²) in [6.45, 7) is 5.75. The summed E-state index contributed by atoms with van der Waals surface area (Å²) < 4.78 is 5.51. The molecule has 0 aliphatic heterocycles. The lowest BCUT2D eigenvalue weighted by Crippen LogP contribution is -2.20. The van der Waals surface area contributed by atoms with Crippen LogP contribution >= 0.6 is 0 Å². The minimum atomic E-state index is -0.469. The molecule has 2 aromatic rings. The van der Waals surface area contributed by atoms with Gasteiger partial charge >= 0.3 is 0 Å². The maximum absolute atomic E-state index is 12.0. The Labute approximate surface area is 140 Å². The van der Waals surface area contributed by atoms with Crippen molar-refractivity contribution >= 4 is 17.3 Å². The summed E-state index contributed by atoms with van der Waals surface area (Å²) in [4.78, 5) is 22.3. The number of hydrogen-bond donors (Lipinski definition) is 1. The van der Waals surface area contributed by atoms with Gasteiger partial charge in [0.1, 0.15) is 5.75 Å². The SMILES string of the molecule is Cc1cc([N+](=O)[O-])ccc1NC(=O)COc1cccc(C(C)C)c1. The van der Waals surface area contributed by atoms with Gasteiger partial charge in [0.2, 0.25) is 0 Å². The molecular formula is C18H20N2O4. The number of nitrogens with one attached hydrogen (secondary N) is 1. The Balaban J connectivity index is 1.96. The summed E-state index contributed by atoms with van der Waals surface area (Å²) in [6.07, 6.45) is 0. The minimum Gasteiger partial charge on any atom is -0.484 e. The van der Waals surface area contributed by atoms with Gasteiger partial charge < -0.3 is 10.1 Å². The maximum atomic E-state index is 12.0. The molecule has 24 heavy (non-hydrogen) atoms. The van der Waals surface area contributed by atoms with Crippen LogP contribution in [0.25, 0.3) is 0 Å². The third kappa shape index (κ3) is 4.55. The van der Waals surface area contributed by atoms with E-state index >= 15 is 0 Å². The fraction of sp³-hybridized carbons (Fsp3) is 0.278. The van der Waals surface area contributed by atoms with Crippen molar-refractivity contribution < 1.29 is 14.5 Å². The Kier molecular flexibility index (Phi) is 5.52. The summed E-state index contributed by atoms with van der Waals surface area (Å²) >= 11 is 0. The second kappa shape index (κ2) is 7.59. The quantitative estimate of drug-likeness (QED) is 0.641. The van der Waals surface area contributed by atoms with Crippen LogP contribution in [-0.2, 0) is 4.79 Å². The third-order valence-corrected chi connectivity index (χ3v) is 3.59. The van der Waals surface area contributed by atoms with E-state index in [1.807, 2.05) is 18.2 Å². The van der Waals surface area contributed by atoms with Gasteiger partial charge in [-0.1, -0.05) is 26.0 Å². The molecule has 6 nitrogen and oxygen atoms in total. The average Bonchev–Trinajstić information content (AvgIpc) is 2.55. The number of nitrogens with zero attached hydrogens (tertiary/aromatic N) is 1. The summed E-state index contributed by atoms with van der Waals surface area (Å²) in [6, 6.07) is 11.9. The molecule has 0 aromatic heterocycles. The Bertz CT molecular complexity index is 756. The first-order valence-electron chi connectivity index (χ1n) is 7.64. The number of carbonyl (C=O) groups is 1. The summed E-state index contributed by atoms with van der Waals surface area (Å²) in [7, 11) is 0. The average molecular weight is 328 g/mol. The van der Waals surface area contributed by atoms with Crippen LogP contribution in [0.5, 0.6) is 5.75 Å². The molecule has 0 atom stereocenters. The summed E-state index contributed by atoms with van der Waals surface area (Å²) in [5.41, 5.74) is 2.29. The number of nitro groups is 1. The van der Waals surface area contributed by atoms with E-state index in [0.29, 0.717) is 22.9 Å². The van der Waals surface area contributed by atoms with Gasteiger partial charge in [-0.3, -0.25) is 14.9 Å². The second-order valence-corrected chi connectivity index (χ2v) is 5.82. The van der Waals surface area contributed by atoms with Crippen molar-refractivity contribution in [2.75, 3.05) is 11.9 Å². The van der Waals surface area contributed by atoms with Crippen molar-refractivity contribution in [1.82, 2.24) is 0 Å². The molecule has 1 amide bonds. The number of nitro benzene ring substituents is 1. The predicted octanol–water partition coefficient (Wildman–Crippen LogP) is 4.04. The van der Waals surface area contributed by atoms with E-state index in [1.165, 1.54) is 18.2 Å². The van der Waals surface area contributed by atoms with Crippen molar-refractivity contribution in [2.45, 2.75) is 26.7 Å². The minimum absolute atomic E-state index is 0.00718. The normalized spacial score (nSPS) is 10.5. The first kappa shape index (κ1) is 17.5. The summed E-state index contributed by atoms with van der Waals surface area (Å²) in [5, 5.41) is 13.4. The van der Waals surface area contributed by atoms with Crippen LogP contribution in [0.2, 0.25) is 0 Å². The topological polar surface area (TPSA) is 81.5 Å². The lowest BCUT2D eigenvalue weighted by Gasteiger charge is -2.11. The Morgan fingerprint density at radius 2 is 2.00 bits per heavy atom. The Hall–Kier alpha value is -2.89. The fourth-order valence-electron chi connectivity index (χ4n) is 2.20. The van der Waals surface area contributed by atoms with E-state index in [0.717, 1.165) is 5.56 Å². The van der Waals surface area contributed by atoms with Crippen LogP contribution in [0.4, 0.5) is 11.4 Å². The zero-order chi connectivity index (χ0) is 17.7. The second-order valence-electron chi connectivity index (χ2n) is 5.82. The molecule has 0 bridgehead atoms. The van der Waals surface area contributed by atoms with E-state index in [9.17, 15) is 14.9 Å². The van der Waals surface area contributed by atoms with Crippen molar-refractivity contribution in [1.29, 1.82) is 0 Å². The predicted molar refractivity (Wildman–Crippen MR) is 92.5 cm³/mol. The van der Waals surface area contributed by atoms with Gasteiger partial charge in [0.15, 0.2) is 6.61 Å². The molecule has 2 rings (SSSR count). The van der Waals surface area contributed by atoms with Crippen LogP contribution < -0.4 is 10.1 Å². The molecule has 0 unspecified atom stereocenters. The maximum Gasteiger partial charge on any atom is 0.269 e. The molecular weight excluding hydrogens is 308 g/mol. The molecule has 0 spiro atoms. The lowest BCUT2D eigenvalue weighted by atomic mass is 10.0. The van der Waals surface area contributed by atoms with Crippen molar-refractivity contribution in [3.63, 3.8) is 0 Å². The monoisotopic (exact) mass is 328 g/mol. The van der Waals surface area contributed by atoms with Gasteiger partial charge in [0.25, 0.3) is 11.6 Å². The molecule has 0 aliphatic carbocycles. The number of carbonyl (C=O) groups excluding carboxylic acids is 1. The number of hydrogen-bond acceptors (Lipinski definition) is 4. The van der Waals surface area contributed by atoms with E-state index in [2.05, 4.69) is 19.2 Å². The lowest BCUT2D eigenvalue weighted by molar-refractivity contribution is -0.384. The van der Waals surface area contributed by atoms with Crippen LogP contribution in [0.3, 0.4) is 0 Å². The highest BCUT2D eigenvalue weighted by molar-refractivity contribution is 5.92. The number of rotatable bonds is 6. The largest absolute Gasteiger partial charge is 0.484 e. The zero-order valence-electron chi connectivity index (χ0n) is 13.9. The molecule has 0 fully saturated rings. The number of anilines is 1. The van der Waals surface area contributed by atoms with Crippen LogP contribution in [-0.4, -0.2) is 17.4 Å². The zero-order valence-corrected chi connectivity index (χ0v) is 13.9. The number of aryl methyl sites for hydroxylation is 1. The molecule has 6 heteroatoms.